The molecule has 0 aromatic heterocycles. The zero-order valence-corrected chi connectivity index (χ0v) is 14.0. The Morgan fingerprint density at radius 3 is 2.73 bits per heavy atom. The fraction of sp³-hybridized carbons (Fsp3) is 0.462. The zero-order valence-electron chi connectivity index (χ0n) is 12.4. The van der Waals surface area contributed by atoms with Crippen molar-refractivity contribution in [2.75, 3.05) is 30.6 Å². The average Bonchev–Trinajstić information content (AvgIpc) is 2.38. The molecule has 0 saturated carbocycles. The third-order valence-electron chi connectivity index (χ3n) is 3.19. The van der Waals surface area contributed by atoms with E-state index in [1.54, 1.807) is 4.90 Å². The highest BCUT2D eigenvalue weighted by molar-refractivity contribution is 7.92. The molecule has 0 unspecified atom stereocenters. The maximum absolute atomic E-state index is 12.4. The van der Waals surface area contributed by atoms with Gasteiger partial charge in [-0.3, -0.25) is 9.52 Å². The summed E-state index contributed by atoms with van der Waals surface area (Å²) in [7, 11) is -3.43. The minimum absolute atomic E-state index is 0. The Morgan fingerprint density at radius 1 is 1.45 bits per heavy atom. The van der Waals surface area contributed by atoms with Gasteiger partial charge in [0.2, 0.25) is 10.0 Å². The molecule has 1 atom stereocenters. The number of aromatic hydroxyl groups is 1. The van der Waals surface area contributed by atoms with Gasteiger partial charge >= 0.3 is 0 Å². The van der Waals surface area contributed by atoms with Crippen LogP contribution < -0.4 is 10.0 Å². The Bertz CT molecular complexity index is 651. The first-order chi connectivity index (χ1) is 9.76. The van der Waals surface area contributed by atoms with E-state index >= 15 is 0 Å². The van der Waals surface area contributed by atoms with Gasteiger partial charge in [0.1, 0.15) is 5.75 Å². The molecule has 1 heterocycles. The van der Waals surface area contributed by atoms with Crippen LogP contribution in [0, 0.1) is 0 Å². The van der Waals surface area contributed by atoms with Gasteiger partial charge in [0, 0.05) is 31.4 Å². The first-order valence-electron chi connectivity index (χ1n) is 6.60. The summed E-state index contributed by atoms with van der Waals surface area (Å²) in [6, 6.07) is 4.26. The van der Waals surface area contributed by atoms with E-state index in [4.69, 9.17) is 0 Å². The van der Waals surface area contributed by atoms with E-state index in [9.17, 15) is 18.3 Å². The molecular formula is C13H20ClN3O4S. The van der Waals surface area contributed by atoms with Crippen LogP contribution in [0.2, 0.25) is 0 Å². The highest BCUT2D eigenvalue weighted by Crippen LogP contribution is 2.24. The first kappa shape index (κ1) is 18.5. The molecular weight excluding hydrogens is 330 g/mol. The number of carbonyl (C=O) groups is 1. The number of benzene rings is 1. The first-order valence-corrected chi connectivity index (χ1v) is 8.49. The lowest BCUT2D eigenvalue weighted by molar-refractivity contribution is 0.0706. The van der Waals surface area contributed by atoms with Gasteiger partial charge in [-0.05, 0) is 25.1 Å². The third kappa shape index (κ3) is 4.75. The lowest BCUT2D eigenvalue weighted by Crippen LogP contribution is -2.51. The van der Waals surface area contributed by atoms with Crippen LogP contribution in [0.15, 0.2) is 18.2 Å². The molecule has 1 aromatic rings. The molecule has 1 fully saturated rings. The molecule has 3 N–H and O–H groups in total. The second-order valence-corrected chi connectivity index (χ2v) is 6.96. The Balaban J connectivity index is 0.00000242. The van der Waals surface area contributed by atoms with E-state index in [0.717, 1.165) is 6.26 Å². The normalized spacial score (nSPS) is 18.5. The Labute approximate surface area is 136 Å². The molecule has 0 aliphatic carbocycles. The molecule has 1 aliphatic rings. The zero-order chi connectivity index (χ0) is 15.6. The number of rotatable bonds is 3. The van der Waals surface area contributed by atoms with Crippen molar-refractivity contribution >= 4 is 34.0 Å². The second-order valence-electron chi connectivity index (χ2n) is 5.21. The summed E-state index contributed by atoms with van der Waals surface area (Å²) in [6.07, 6.45) is 1.03. The van der Waals surface area contributed by atoms with Crippen LogP contribution >= 0.6 is 12.4 Å². The molecule has 22 heavy (non-hydrogen) atoms. The number of halogens is 1. The number of carbonyl (C=O) groups excluding carboxylic acids is 1. The molecule has 0 radical (unpaired) electrons. The summed E-state index contributed by atoms with van der Waals surface area (Å²) in [6.45, 7) is 3.75. The summed E-state index contributed by atoms with van der Waals surface area (Å²) in [5, 5.41) is 13.1. The van der Waals surface area contributed by atoms with Crippen LogP contribution in [-0.2, 0) is 10.0 Å². The van der Waals surface area contributed by atoms with Gasteiger partial charge in [-0.15, -0.1) is 12.4 Å². The van der Waals surface area contributed by atoms with Gasteiger partial charge in [0.15, 0.2) is 0 Å². The topological polar surface area (TPSA) is 98.7 Å². The SMILES string of the molecule is C[C@@H]1CN(C(=O)c2cc(NS(C)(=O)=O)ccc2O)CCN1.Cl. The minimum Gasteiger partial charge on any atom is -0.507 e. The number of sulfonamides is 1. The van der Waals surface area contributed by atoms with Crippen molar-refractivity contribution in [2.45, 2.75) is 13.0 Å². The van der Waals surface area contributed by atoms with Crippen molar-refractivity contribution < 1.29 is 18.3 Å². The molecule has 0 spiro atoms. The molecule has 1 aliphatic heterocycles. The maximum atomic E-state index is 12.4. The Kier molecular flexibility index (Phi) is 6.04. The van der Waals surface area contributed by atoms with Crippen molar-refractivity contribution in [1.82, 2.24) is 10.2 Å². The smallest absolute Gasteiger partial charge is 0.257 e. The number of phenols is 1. The molecule has 1 aromatic carbocycles. The summed E-state index contributed by atoms with van der Waals surface area (Å²) in [5.41, 5.74) is 0.347. The van der Waals surface area contributed by atoms with Crippen molar-refractivity contribution in [3.05, 3.63) is 23.8 Å². The lowest BCUT2D eigenvalue weighted by atomic mass is 10.1. The number of hydrogen-bond donors (Lipinski definition) is 3. The number of nitrogens with zero attached hydrogens (tertiary/aromatic N) is 1. The standard InChI is InChI=1S/C13H19N3O4S.ClH/c1-9-8-16(6-5-14-9)13(18)11-7-10(3-4-12(11)17)15-21(2,19)20;/h3-4,7,9,14-15,17H,5-6,8H2,1-2H3;1H/t9-;/m1./s1. The van der Waals surface area contributed by atoms with Gasteiger partial charge in [-0.25, -0.2) is 8.42 Å². The fourth-order valence-corrected chi connectivity index (χ4v) is 2.83. The molecule has 1 amide bonds. The largest absolute Gasteiger partial charge is 0.507 e. The van der Waals surface area contributed by atoms with E-state index in [1.165, 1.54) is 18.2 Å². The second kappa shape index (κ2) is 7.17. The summed E-state index contributed by atoms with van der Waals surface area (Å²) in [5.74, 6) is -0.469. The van der Waals surface area contributed by atoms with E-state index in [2.05, 4.69) is 10.0 Å². The number of piperazine rings is 1. The fourth-order valence-electron chi connectivity index (χ4n) is 2.27. The highest BCUT2D eigenvalue weighted by atomic mass is 35.5. The van der Waals surface area contributed by atoms with Crippen molar-refractivity contribution in [1.29, 1.82) is 0 Å². The molecule has 0 bridgehead atoms. The van der Waals surface area contributed by atoms with Gasteiger partial charge < -0.3 is 15.3 Å². The maximum Gasteiger partial charge on any atom is 0.257 e. The molecule has 9 heteroatoms. The number of phenolic OH excluding ortho intramolecular Hbond substituents is 1. The third-order valence-corrected chi connectivity index (χ3v) is 3.79. The number of amides is 1. The van der Waals surface area contributed by atoms with E-state index in [1.807, 2.05) is 6.92 Å². The summed E-state index contributed by atoms with van der Waals surface area (Å²) >= 11 is 0. The molecule has 1 saturated heterocycles. The van der Waals surface area contributed by atoms with Crippen LogP contribution in [0.4, 0.5) is 5.69 Å². The molecule has 2 rings (SSSR count). The van der Waals surface area contributed by atoms with Gasteiger partial charge in [-0.1, -0.05) is 0 Å². The highest BCUT2D eigenvalue weighted by Gasteiger charge is 2.24. The van der Waals surface area contributed by atoms with Crippen LogP contribution in [0.5, 0.6) is 5.75 Å². The van der Waals surface area contributed by atoms with Gasteiger partial charge in [0.25, 0.3) is 5.91 Å². The Hall–Kier alpha value is -1.51. The van der Waals surface area contributed by atoms with Crippen molar-refractivity contribution in [3.63, 3.8) is 0 Å². The number of anilines is 1. The van der Waals surface area contributed by atoms with Crippen molar-refractivity contribution in [3.8, 4) is 5.75 Å². The molecule has 124 valence electrons. The van der Waals surface area contributed by atoms with E-state index < -0.39 is 10.0 Å². The number of hydrogen-bond acceptors (Lipinski definition) is 5. The van der Waals surface area contributed by atoms with Crippen molar-refractivity contribution in [2.24, 2.45) is 0 Å². The van der Waals surface area contributed by atoms with E-state index in [-0.39, 0.29) is 41.4 Å². The van der Waals surface area contributed by atoms with Crippen LogP contribution in [0.1, 0.15) is 17.3 Å². The van der Waals surface area contributed by atoms with Crippen LogP contribution in [0.25, 0.3) is 0 Å². The van der Waals surface area contributed by atoms with E-state index in [0.29, 0.717) is 19.6 Å². The Morgan fingerprint density at radius 2 is 2.14 bits per heavy atom. The van der Waals surface area contributed by atoms with Crippen LogP contribution in [0.3, 0.4) is 0 Å². The van der Waals surface area contributed by atoms with Crippen LogP contribution in [-0.4, -0.2) is 56.3 Å². The average molecular weight is 350 g/mol. The molecule has 7 nitrogen and oxygen atoms in total. The quantitative estimate of drug-likeness (QED) is 0.695. The number of nitrogens with one attached hydrogen (secondary N) is 2. The minimum atomic E-state index is -3.43. The van der Waals surface area contributed by atoms with Gasteiger partial charge in [-0.2, -0.15) is 0 Å². The van der Waals surface area contributed by atoms with Gasteiger partial charge in [0.05, 0.1) is 11.8 Å². The summed E-state index contributed by atoms with van der Waals surface area (Å²) in [4.78, 5) is 14.1. The predicted molar refractivity (Wildman–Crippen MR) is 87.2 cm³/mol. The lowest BCUT2D eigenvalue weighted by Gasteiger charge is -2.32. The summed E-state index contributed by atoms with van der Waals surface area (Å²) < 4.78 is 24.8. The monoisotopic (exact) mass is 349 g/mol. The predicted octanol–water partition coefficient (Wildman–Crippen LogP) is 0.619.